The largest absolute Gasteiger partial charge is 0.357 e. The highest BCUT2D eigenvalue weighted by atomic mass is 16.2. The first-order valence-electron chi connectivity index (χ1n) is 6.17. The highest BCUT2D eigenvalue weighted by Crippen LogP contribution is 2.26. The predicted molar refractivity (Wildman–Crippen MR) is 69.6 cm³/mol. The van der Waals surface area contributed by atoms with Crippen LogP contribution in [0.2, 0.25) is 0 Å². The minimum atomic E-state index is -0.780. The first-order chi connectivity index (χ1) is 8.99. The van der Waals surface area contributed by atoms with Gasteiger partial charge in [0.25, 0.3) is 11.8 Å². The van der Waals surface area contributed by atoms with E-state index in [-0.39, 0.29) is 11.8 Å². The zero-order valence-electron chi connectivity index (χ0n) is 11.1. The maximum absolute atomic E-state index is 12.3. The Morgan fingerprint density at radius 3 is 1.95 bits per heavy atom. The van der Waals surface area contributed by atoms with E-state index in [1.165, 1.54) is 7.05 Å². The van der Waals surface area contributed by atoms with E-state index in [0.29, 0.717) is 11.1 Å². The highest BCUT2D eigenvalue weighted by molar-refractivity contribution is 6.22. The summed E-state index contributed by atoms with van der Waals surface area (Å²) in [6.07, 6.45) is 0. The maximum atomic E-state index is 12.3. The number of fused-ring (bicyclic) bond motifs is 1. The molecule has 0 saturated heterocycles. The molecule has 1 unspecified atom stereocenters. The van der Waals surface area contributed by atoms with Gasteiger partial charge in [0.2, 0.25) is 5.91 Å². The molecule has 1 aliphatic heterocycles. The summed E-state index contributed by atoms with van der Waals surface area (Å²) in [7, 11) is 1.50. The van der Waals surface area contributed by atoms with Crippen molar-refractivity contribution < 1.29 is 14.4 Å². The fourth-order valence-electron chi connectivity index (χ4n) is 2.33. The van der Waals surface area contributed by atoms with Crippen LogP contribution in [0.15, 0.2) is 24.3 Å². The summed E-state index contributed by atoms with van der Waals surface area (Å²) < 4.78 is 0. The van der Waals surface area contributed by atoms with Gasteiger partial charge in [-0.25, -0.2) is 0 Å². The average molecular weight is 260 g/mol. The lowest BCUT2D eigenvalue weighted by Crippen LogP contribution is -2.51. The van der Waals surface area contributed by atoms with Crippen LogP contribution in [0.25, 0.3) is 0 Å². The second-order valence-corrected chi connectivity index (χ2v) is 4.83. The van der Waals surface area contributed by atoms with Crippen LogP contribution in [0.5, 0.6) is 0 Å². The standard InChI is InChI=1S/C14H16N2O3/c1-8(2)11(12(17)15-3)16-13(18)9-6-4-5-7-10(9)14(16)19/h4-8,11H,1-3H3,(H,15,17). The monoisotopic (exact) mass is 260 g/mol. The van der Waals surface area contributed by atoms with E-state index >= 15 is 0 Å². The number of rotatable bonds is 3. The summed E-state index contributed by atoms with van der Waals surface area (Å²) in [4.78, 5) is 37.6. The van der Waals surface area contributed by atoms with Gasteiger partial charge in [-0.2, -0.15) is 0 Å². The molecule has 1 heterocycles. The number of hydrogen-bond donors (Lipinski definition) is 1. The molecule has 100 valence electrons. The van der Waals surface area contributed by atoms with Crippen LogP contribution in [0.1, 0.15) is 34.6 Å². The first kappa shape index (κ1) is 13.3. The number of carbonyl (C=O) groups excluding carboxylic acids is 3. The molecule has 1 atom stereocenters. The summed E-state index contributed by atoms with van der Waals surface area (Å²) in [5.41, 5.74) is 0.726. The molecule has 19 heavy (non-hydrogen) atoms. The van der Waals surface area contributed by atoms with Crippen molar-refractivity contribution >= 4 is 17.7 Å². The Labute approximate surface area is 111 Å². The van der Waals surface area contributed by atoms with Crippen molar-refractivity contribution in [2.45, 2.75) is 19.9 Å². The molecule has 0 bridgehead atoms. The SMILES string of the molecule is CNC(=O)C(C(C)C)N1C(=O)c2ccccc2C1=O. The minimum absolute atomic E-state index is 0.151. The molecule has 1 aromatic rings. The molecular formula is C14H16N2O3. The van der Waals surface area contributed by atoms with Crippen molar-refractivity contribution in [2.24, 2.45) is 5.92 Å². The van der Waals surface area contributed by atoms with E-state index in [1.54, 1.807) is 24.3 Å². The van der Waals surface area contributed by atoms with Gasteiger partial charge in [-0.1, -0.05) is 26.0 Å². The van der Waals surface area contributed by atoms with Crippen molar-refractivity contribution in [3.63, 3.8) is 0 Å². The van der Waals surface area contributed by atoms with E-state index in [0.717, 1.165) is 4.90 Å². The molecule has 1 aliphatic rings. The molecule has 0 radical (unpaired) electrons. The van der Waals surface area contributed by atoms with Crippen LogP contribution in [-0.4, -0.2) is 35.7 Å². The zero-order chi connectivity index (χ0) is 14.2. The summed E-state index contributed by atoms with van der Waals surface area (Å²) in [5.74, 6) is -1.28. The van der Waals surface area contributed by atoms with Crippen molar-refractivity contribution in [1.82, 2.24) is 10.2 Å². The number of benzene rings is 1. The van der Waals surface area contributed by atoms with Gasteiger partial charge in [0.05, 0.1) is 11.1 Å². The third kappa shape index (κ3) is 2.01. The number of carbonyl (C=O) groups is 3. The normalized spacial score (nSPS) is 15.7. The van der Waals surface area contributed by atoms with Crippen LogP contribution in [0, 0.1) is 5.92 Å². The number of amides is 3. The van der Waals surface area contributed by atoms with Crippen molar-refractivity contribution in [3.05, 3.63) is 35.4 Å². The topological polar surface area (TPSA) is 66.5 Å². The van der Waals surface area contributed by atoms with E-state index in [4.69, 9.17) is 0 Å². The van der Waals surface area contributed by atoms with Crippen LogP contribution in [0.4, 0.5) is 0 Å². The average Bonchev–Trinajstić information content (AvgIpc) is 2.64. The van der Waals surface area contributed by atoms with E-state index < -0.39 is 17.9 Å². The van der Waals surface area contributed by atoms with Gasteiger partial charge in [0.15, 0.2) is 0 Å². The molecule has 1 N–H and O–H groups in total. The zero-order valence-corrected chi connectivity index (χ0v) is 11.1. The lowest BCUT2D eigenvalue weighted by molar-refractivity contribution is -0.125. The van der Waals surface area contributed by atoms with E-state index in [2.05, 4.69) is 5.32 Å². The third-order valence-corrected chi connectivity index (χ3v) is 3.25. The molecule has 2 rings (SSSR count). The Morgan fingerprint density at radius 1 is 1.11 bits per heavy atom. The van der Waals surface area contributed by atoms with Crippen molar-refractivity contribution in [3.8, 4) is 0 Å². The lowest BCUT2D eigenvalue weighted by atomic mass is 10.0. The van der Waals surface area contributed by atoms with Crippen LogP contribution in [-0.2, 0) is 4.79 Å². The summed E-state index contributed by atoms with van der Waals surface area (Å²) in [6, 6.07) is 5.85. The molecular weight excluding hydrogens is 244 g/mol. The minimum Gasteiger partial charge on any atom is -0.357 e. The smallest absolute Gasteiger partial charge is 0.262 e. The van der Waals surface area contributed by atoms with Crippen molar-refractivity contribution in [1.29, 1.82) is 0 Å². The van der Waals surface area contributed by atoms with Crippen molar-refractivity contribution in [2.75, 3.05) is 7.05 Å². The first-order valence-corrected chi connectivity index (χ1v) is 6.17. The second-order valence-electron chi connectivity index (χ2n) is 4.83. The Kier molecular flexibility index (Phi) is 3.38. The molecule has 3 amide bonds. The quantitative estimate of drug-likeness (QED) is 0.826. The Hall–Kier alpha value is -2.17. The van der Waals surface area contributed by atoms with Crippen LogP contribution >= 0.6 is 0 Å². The van der Waals surface area contributed by atoms with Gasteiger partial charge in [0, 0.05) is 7.05 Å². The van der Waals surface area contributed by atoms with Crippen LogP contribution < -0.4 is 5.32 Å². The Balaban J connectivity index is 2.45. The number of nitrogens with zero attached hydrogens (tertiary/aromatic N) is 1. The van der Waals surface area contributed by atoms with Gasteiger partial charge in [-0.3, -0.25) is 19.3 Å². The molecule has 0 saturated carbocycles. The van der Waals surface area contributed by atoms with Gasteiger partial charge in [-0.15, -0.1) is 0 Å². The van der Waals surface area contributed by atoms with E-state index in [1.807, 2.05) is 13.8 Å². The maximum Gasteiger partial charge on any atom is 0.262 e. The summed E-state index contributed by atoms with van der Waals surface area (Å²) >= 11 is 0. The molecule has 0 aromatic heterocycles. The summed E-state index contributed by atoms with van der Waals surface area (Å²) in [6.45, 7) is 3.62. The Bertz CT molecular complexity index is 516. The molecule has 0 spiro atoms. The fraction of sp³-hybridized carbons (Fsp3) is 0.357. The van der Waals surface area contributed by atoms with Gasteiger partial charge < -0.3 is 5.32 Å². The lowest BCUT2D eigenvalue weighted by Gasteiger charge is -2.27. The number of hydrogen-bond acceptors (Lipinski definition) is 3. The Morgan fingerprint density at radius 2 is 1.58 bits per heavy atom. The molecule has 0 fully saturated rings. The van der Waals surface area contributed by atoms with Gasteiger partial charge in [0.1, 0.15) is 6.04 Å². The predicted octanol–water partition coefficient (Wildman–Crippen LogP) is 1.05. The fourth-order valence-corrected chi connectivity index (χ4v) is 2.33. The van der Waals surface area contributed by atoms with Gasteiger partial charge in [-0.05, 0) is 18.1 Å². The number of likely N-dealkylation sites (N-methyl/N-ethyl adjacent to an activating group) is 1. The molecule has 5 heteroatoms. The van der Waals surface area contributed by atoms with Crippen LogP contribution in [0.3, 0.4) is 0 Å². The molecule has 0 aliphatic carbocycles. The van der Waals surface area contributed by atoms with Gasteiger partial charge >= 0.3 is 0 Å². The summed E-state index contributed by atoms with van der Waals surface area (Å²) in [5, 5.41) is 2.51. The third-order valence-electron chi connectivity index (χ3n) is 3.25. The number of nitrogens with one attached hydrogen (secondary N) is 1. The molecule has 1 aromatic carbocycles. The highest BCUT2D eigenvalue weighted by Gasteiger charge is 2.43. The van der Waals surface area contributed by atoms with E-state index in [9.17, 15) is 14.4 Å². The molecule has 5 nitrogen and oxygen atoms in total. The number of imide groups is 1. The second kappa shape index (κ2) is 4.84.